The van der Waals surface area contributed by atoms with Crippen LogP contribution in [-0.2, 0) is 13.6 Å². The van der Waals surface area contributed by atoms with E-state index < -0.39 is 4.92 Å². The Morgan fingerprint density at radius 1 is 1.13 bits per heavy atom. The third-order valence-electron chi connectivity index (χ3n) is 3.65. The van der Waals surface area contributed by atoms with E-state index in [1.54, 1.807) is 27.5 Å². The molecule has 0 N–H and O–H groups in total. The van der Waals surface area contributed by atoms with Crippen LogP contribution in [0.2, 0.25) is 0 Å². The average Bonchev–Trinajstić information content (AvgIpc) is 2.92. The summed E-state index contributed by atoms with van der Waals surface area (Å²) in [5.41, 5.74) is 0.605. The zero-order valence-electron chi connectivity index (χ0n) is 12.5. The number of rotatable bonds is 5. The Labute approximate surface area is 131 Å². The van der Waals surface area contributed by atoms with Crippen LogP contribution in [0.25, 0.3) is 10.9 Å². The first kappa shape index (κ1) is 14.8. The van der Waals surface area contributed by atoms with Gasteiger partial charge in [-0.1, -0.05) is 0 Å². The summed E-state index contributed by atoms with van der Waals surface area (Å²) in [6.45, 7) is 0.699. The summed E-state index contributed by atoms with van der Waals surface area (Å²) in [6.07, 6.45) is 3.59. The minimum atomic E-state index is -0.460. The Kier molecular flexibility index (Phi) is 3.84. The lowest BCUT2D eigenvalue weighted by molar-refractivity contribution is -0.384. The summed E-state index contributed by atoms with van der Waals surface area (Å²) in [6, 6.07) is 9.65. The van der Waals surface area contributed by atoms with Gasteiger partial charge < -0.3 is 13.9 Å². The van der Waals surface area contributed by atoms with Crippen molar-refractivity contribution in [2.45, 2.75) is 6.54 Å². The van der Waals surface area contributed by atoms with Crippen molar-refractivity contribution < 1.29 is 9.66 Å². The van der Waals surface area contributed by atoms with Gasteiger partial charge in [0.2, 0.25) is 0 Å². The molecule has 0 amide bonds. The summed E-state index contributed by atoms with van der Waals surface area (Å²) in [7, 11) is 1.83. The van der Waals surface area contributed by atoms with E-state index in [0.29, 0.717) is 24.4 Å². The van der Waals surface area contributed by atoms with Crippen LogP contribution < -0.4 is 10.3 Å². The molecule has 2 aromatic heterocycles. The molecule has 0 saturated carbocycles. The monoisotopic (exact) mass is 313 g/mol. The fourth-order valence-electron chi connectivity index (χ4n) is 2.43. The minimum absolute atomic E-state index is 0.0164. The number of non-ortho nitro benzene ring substituents is 1. The molecule has 3 rings (SSSR count). The number of pyridine rings is 1. The SMILES string of the molecule is Cn1ccc2ccn(CCOc3ccc([N+](=O)[O-])cc3)c(=O)c21. The van der Waals surface area contributed by atoms with Crippen LogP contribution in [0.3, 0.4) is 0 Å². The Bertz CT molecular complexity index is 909. The number of nitro groups is 1. The summed E-state index contributed by atoms with van der Waals surface area (Å²) < 4.78 is 8.92. The smallest absolute Gasteiger partial charge is 0.275 e. The maximum absolute atomic E-state index is 12.4. The molecule has 7 heteroatoms. The van der Waals surface area contributed by atoms with E-state index >= 15 is 0 Å². The van der Waals surface area contributed by atoms with E-state index in [4.69, 9.17) is 4.74 Å². The molecule has 23 heavy (non-hydrogen) atoms. The van der Waals surface area contributed by atoms with Crippen LogP contribution in [-0.4, -0.2) is 20.7 Å². The van der Waals surface area contributed by atoms with Gasteiger partial charge in [0.15, 0.2) is 0 Å². The third-order valence-corrected chi connectivity index (χ3v) is 3.65. The second-order valence-electron chi connectivity index (χ2n) is 5.14. The highest BCUT2D eigenvalue weighted by Crippen LogP contribution is 2.17. The van der Waals surface area contributed by atoms with Crippen molar-refractivity contribution in [1.82, 2.24) is 9.13 Å². The minimum Gasteiger partial charge on any atom is -0.492 e. The van der Waals surface area contributed by atoms with E-state index in [9.17, 15) is 14.9 Å². The molecular weight excluding hydrogens is 298 g/mol. The topological polar surface area (TPSA) is 79.3 Å². The number of fused-ring (bicyclic) bond motifs is 1. The van der Waals surface area contributed by atoms with Crippen LogP contribution >= 0.6 is 0 Å². The predicted octanol–water partition coefficient (Wildman–Crippen LogP) is 2.33. The Balaban J connectivity index is 1.69. The zero-order valence-corrected chi connectivity index (χ0v) is 12.5. The quantitative estimate of drug-likeness (QED) is 0.535. The lowest BCUT2D eigenvalue weighted by Gasteiger charge is -2.09. The summed E-state index contributed by atoms with van der Waals surface area (Å²) in [4.78, 5) is 22.5. The number of nitro benzene ring substituents is 1. The van der Waals surface area contributed by atoms with Crippen molar-refractivity contribution >= 4 is 16.6 Å². The van der Waals surface area contributed by atoms with Gasteiger partial charge in [-0.05, 0) is 24.3 Å². The highest BCUT2D eigenvalue weighted by molar-refractivity contribution is 5.78. The van der Waals surface area contributed by atoms with Crippen molar-refractivity contribution in [3.05, 3.63) is 69.3 Å². The first-order chi connectivity index (χ1) is 11.1. The van der Waals surface area contributed by atoms with Gasteiger partial charge >= 0.3 is 0 Å². The number of hydrogen-bond acceptors (Lipinski definition) is 4. The molecule has 7 nitrogen and oxygen atoms in total. The van der Waals surface area contributed by atoms with Crippen LogP contribution in [0.15, 0.2) is 53.6 Å². The maximum atomic E-state index is 12.4. The number of aryl methyl sites for hydroxylation is 1. The number of ether oxygens (including phenoxy) is 1. The van der Waals surface area contributed by atoms with E-state index in [2.05, 4.69) is 0 Å². The Hall–Kier alpha value is -3.09. The van der Waals surface area contributed by atoms with Crippen LogP contribution in [0, 0.1) is 10.1 Å². The van der Waals surface area contributed by atoms with Crippen molar-refractivity contribution in [3.8, 4) is 5.75 Å². The largest absolute Gasteiger partial charge is 0.492 e. The Morgan fingerprint density at radius 3 is 2.52 bits per heavy atom. The van der Waals surface area contributed by atoms with Crippen LogP contribution in [0.4, 0.5) is 5.69 Å². The Morgan fingerprint density at radius 2 is 1.83 bits per heavy atom. The molecule has 0 fully saturated rings. The van der Waals surface area contributed by atoms with E-state index in [-0.39, 0.29) is 11.2 Å². The highest BCUT2D eigenvalue weighted by Gasteiger charge is 2.07. The number of aromatic nitrogens is 2. The molecule has 0 aliphatic rings. The number of hydrogen-bond donors (Lipinski definition) is 0. The molecule has 0 aliphatic heterocycles. The van der Waals surface area contributed by atoms with Crippen LogP contribution in [0.1, 0.15) is 0 Å². The van der Waals surface area contributed by atoms with Gasteiger partial charge in [0.05, 0.1) is 11.5 Å². The third kappa shape index (κ3) is 2.94. The van der Waals surface area contributed by atoms with Gasteiger partial charge in [-0.15, -0.1) is 0 Å². The fourth-order valence-corrected chi connectivity index (χ4v) is 2.43. The molecule has 0 spiro atoms. The molecule has 3 aromatic rings. The van der Waals surface area contributed by atoms with E-state index in [1.807, 2.05) is 25.4 Å². The van der Waals surface area contributed by atoms with Gasteiger partial charge in [0.1, 0.15) is 17.9 Å². The van der Waals surface area contributed by atoms with E-state index in [1.165, 1.54) is 12.1 Å². The van der Waals surface area contributed by atoms with Gasteiger partial charge in [0.25, 0.3) is 11.2 Å². The standard InChI is InChI=1S/C16H15N3O4/c1-17-8-6-12-7-9-18(16(20)15(12)17)10-11-23-14-4-2-13(3-5-14)19(21)22/h2-9H,10-11H2,1H3. The molecule has 0 aliphatic carbocycles. The first-order valence-electron chi connectivity index (χ1n) is 7.08. The molecule has 1 aromatic carbocycles. The molecule has 0 unspecified atom stereocenters. The highest BCUT2D eigenvalue weighted by atomic mass is 16.6. The molecule has 0 atom stereocenters. The zero-order chi connectivity index (χ0) is 16.4. The van der Waals surface area contributed by atoms with Crippen molar-refractivity contribution in [2.75, 3.05) is 6.61 Å². The first-order valence-corrected chi connectivity index (χ1v) is 7.08. The summed E-state index contributed by atoms with van der Waals surface area (Å²) >= 11 is 0. The number of benzene rings is 1. The normalized spacial score (nSPS) is 10.8. The fraction of sp³-hybridized carbons (Fsp3) is 0.188. The van der Waals surface area contributed by atoms with E-state index in [0.717, 1.165) is 5.39 Å². The van der Waals surface area contributed by atoms with Crippen LogP contribution in [0.5, 0.6) is 5.75 Å². The van der Waals surface area contributed by atoms with Gasteiger partial charge in [-0.2, -0.15) is 0 Å². The summed E-state index contributed by atoms with van der Waals surface area (Å²) in [5.74, 6) is 0.531. The lowest BCUT2D eigenvalue weighted by atomic mass is 10.3. The molecule has 2 heterocycles. The molecular formula is C16H15N3O4. The molecule has 0 bridgehead atoms. The van der Waals surface area contributed by atoms with Crippen molar-refractivity contribution in [1.29, 1.82) is 0 Å². The van der Waals surface area contributed by atoms with Gasteiger partial charge in [0, 0.05) is 37.0 Å². The van der Waals surface area contributed by atoms with Crippen molar-refractivity contribution in [3.63, 3.8) is 0 Å². The van der Waals surface area contributed by atoms with Crippen molar-refractivity contribution in [2.24, 2.45) is 7.05 Å². The second-order valence-corrected chi connectivity index (χ2v) is 5.14. The average molecular weight is 313 g/mol. The van der Waals surface area contributed by atoms with Gasteiger partial charge in [-0.25, -0.2) is 0 Å². The number of nitrogens with zero attached hydrogens (tertiary/aromatic N) is 3. The van der Waals surface area contributed by atoms with Gasteiger partial charge in [-0.3, -0.25) is 14.9 Å². The molecule has 118 valence electrons. The predicted molar refractivity (Wildman–Crippen MR) is 85.8 cm³/mol. The maximum Gasteiger partial charge on any atom is 0.275 e. The summed E-state index contributed by atoms with van der Waals surface area (Å²) in [5, 5.41) is 11.5. The second kappa shape index (κ2) is 5.96. The molecule has 0 radical (unpaired) electrons. The lowest BCUT2D eigenvalue weighted by Crippen LogP contribution is -2.23. The molecule has 0 saturated heterocycles.